The van der Waals surface area contributed by atoms with Crippen LogP contribution in [0.4, 0.5) is 0 Å². The molecule has 12 nitrogen and oxygen atoms in total. The lowest BCUT2D eigenvalue weighted by Gasteiger charge is -2.24. The number of aliphatic hydroxyl groups is 1. The van der Waals surface area contributed by atoms with Gasteiger partial charge >= 0.3 is 5.97 Å². The van der Waals surface area contributed by atoms with Crippen LogP contribution in [0, 0.1) is 0 Å². The number of carbonyl (C=O) groups excluding carboxylic acids is 4. The number of carboxylic acids is 1. The number of nitrogens with one attached hydrogen (secondary N) is 3. The highest BCUT2D eigenvalue weighted by atomic mass is 32.2. The lowest BCUT2D eigenvalue weighted by atomic mass is 10.1. The summed E-state index contributed by atoms with van der Waals surface area (Å²) in [5.74, 6) is -4.43. The maximum atomic E-state index is 12.6. The Balaban J connectivity index is 5.21. The molecule has 0 aromatic carbocycles. The standard InChI is InChI=1S/C16H29N5O7S2/c1-7(22)12(18)15(26)19-8(3-4-30-2)13(24)21-10(6-29)14(25)20-9(16(27)28)5-11(17)23/h7-10,12,22,29H,3-6,18H2,1-2H3,(H2,17,23)(H,19,26)(H,20,25)(H,21,24)(H,27,28). The molecule has 0 heterocycles. The Morgan fingerprint density at radius 1 is 1.00 bits per heavy atom. The summed E-state index contributed by atoms with van der Waals surface area (Å²) < 4.78 is 0. The first-order valence-corrected chi connectivity index (χ1v) is 10.9. The molecule has 0 rings (SSSR count). The minimum atomic E-state index is -1.56. The first kappa shape index (κ1) is 28.0. The first-order valence-electron chi connectivity index (χ1n) is 8.90. The van der Waals surface area contributed by atoms with Crippen molar-refractivity contribution in [2.24, 2.45) is 11.5 Å². The van der Waals surface area contributed by atoms with Crippen molar-refractivity contribution in [3.63, 3.8) is 0 Å². The third-order valence-corrected chi connectivity index (χ3v) is 4.91. The second-order valence-corrected chi connectivity index (χ2v) is 7.77. The van der Waals surface area contributed by atoms with Crippen LogP contribution in [0.5, 0.6) is 0 Å². The van der Waals surface area contributed by atoms with Gasteiger partial charge in [0.05, 0.1) is 12.5 Å². The van der Waals surface area contributed by atoms with E-state index in [2.05, 4.69) is 28.6 Å². The maximum Gasteiger partial charge on any atom is 0.326 e. The molecule has 0 aromatic rings. The number of thiol groups is 1. The highest BCUT2D eigenvalue weighted by Gasteiger charge is 2.30. The molecule has 172 valence electrons. The van der Waals surface area contributed by atoms with Crippen molar-refractivity contribution in [1.82, 2.24) is 16.0 Å². The highest BCUT2D eigenvalue weighted by molar-refractivity contribution is 7.98. The number of carbonyl (C=O) groups is 5. The zero-order valence-electron chi connectivity index (χ0n) is 16.7. The van der Waals surface area contributed by atoms with Gasteiger partial charge in [-0.1, -0.05) is 0 Å². The van der Waals surface area contributed by atoms with E-state index in [1.807, 2.05) is 0 Å². The number of amides is 4. The van der Waals surface area contributed by atoms with E-state index in [-0.39, 0.29) is 12.2 Å². The largest absolute Gasteiger partial charge is 0.480 e. The molecule has 0 aliphatic rings. The summed E-state index contributed by atoms with van der Waals surface area (Å²) >= 11 is 5.40. The van der Waals surface area contributed by atoms with Crippen molar-refractivity contribution < 1.29 is 34.2 Å². The molecule has 0 saturated carbocycles. The number of nitrogens with two attached hydrogens (primary N) is 2. The van der Waals surface area contributed by atoms with Gasteiger partial charge in [0.1, 0.15) is 24.2 Å². The maximum absolute atomic E-state index is 12.6. The van der Waals surface area contributed by atoms with Gasteiger partial charge in [-0.15, -0.1) is 0 Å². The quantitative estimate of drug-likeness (QED) is 0.120. The number of hydrogen-bond donors (Lipinski definition) is 8. The Kier molecular flexibility index (Phi) is 13.1. The summed E-state index contributed by atoms with van der Waals surface area (Å²) in [4.78, 5) is 59.1. The molecule has 0 aliphatic heterocycles. The van der Waals surface area contributed by atoms with Crippen LogP contribution in [-0.4, -0.2) is 87.8 Å². The molecule has 9 N–H and O–H groups in total. The van der Waals surface area contributed by atoms with Crippen LogP contribution in [0.15, 0.2) is 0 Å². The van der Waals surface area contributed by atoms with E-state index in [4.69, 9.17) is 16.6 Å². The minimum absolute atomic E-state index is 0.184. The summed E-state index contributed by atoms with van der Waals surface area (Å²) in [6.45, 7) is 1.33. The topological polar surface area (TPSA) is 214 Å². The first-order chi connectivity index (χ1) is 13.9. The molecular weight excluding hydrogens is 438 g/mol. The van der Waals surface area contributed by atoms with E-state index in [9.17, 15) is 29.1 Å². The number of aliphatic carboxylic acids is 1. The average molecular weight is 468 g/mol. The predicted molar refractivity (Wildman–Crippen MR) is 114 cm³/mol. The van der Waals surface area contributed by atoms with Crippen LogP contribution >= 0.6 is 24.4 Å². The van der Waals surface area contributed by atoms with E-state index in [0.29, 0.717) is 5.75 Å². The fourth-order valence-corrected chi connectivity index (χ4v) is 2.86. The molecular formula is C16H29N5O7S2. The summed E-state index contributed by atoms with van der Waals surface area (Å²) in [5.41, 5.74) is 10.5. The zero-order valence-corrected chi connectivity index (χ0v) is 18.4. The van der Waals surface area contributed by atoms with Gasteiger partial charge in [-0.3, -0.25) is 19.2 Å². The Bertz CT molecular complexity index is 635. The van der Waals surface area contributed by atoms with Crippen molar-refractivity contribution in [1.29, 1.82) is 0 Å². The van der Waals surface area contributed by atoms with E-state index >= 15 is 0 Å². The minimum Gasteiger partial charge on any atom is -0.480 e. The summed E-state index contributed by atoms with van der Waals surface area (Å²) in [5, 5.41) is 25.4. The molecule has 30 heavy (non-hydrogen) atoms. The molecule has 4 amide bonds. The fraction of sp³-hybridized carbons (Fsp3) is 0.688. The summed E-state index contributed by atoms with van der Waals surface area (Å²) in [6, 6.07) is -5.10. The van der Waals surface area contributed by atoms with E-state index in [1.54, 1.807) is 6.26 Å². The molecule has 0 aromatic heterocycles. The summed E-state index contributed by atoms with van der Waals surface area (Å²) in [7, 11) is 0. The Morgan fingerprint density at radius 3 is 1.93 bits per heavy atom. The molecule has 0 aliphatic carbocycles. The van der Waals surface area contributed by atoms with Gasteiger partial charge in [0.2, 0.25) is 23.6 Å². The molecule has 0 saturated heterocycles. The molecule has 14 heteroatoms. The van der Waals surface area contributed by atoms with Gasteiger partial charge in [0.15, 0.2) is 0 Å². The van der Waals surface area contributed by atoms with E-state index < -0.39 is 66.3 Å². The van der Waals surface area contributed by atoms with Crippen molar-refractivity contribution in [2.75, 3.05) is 17.8 Å². The molecule has 5 atom stereocenters. The number of aliphatic hydroxyl groups excluding tert-OH is 1. The van der Waals surface area contributed by atoms with Crippen LogP contribution in [0.25, 0.3) is 0 Å². The Morgan fingerprint density at radius 2 is 1.50 bits per heavy atom. The molecule has 0 bridgehead atoms. The molecule has 0 fully saturated rings. The van der Waals surface area contributed by atoms with Crippen molar-refractivity contribution in [2.45, 2.75) is 50.0 Å². The van der Waals surface area contributed by atoms with Gasteiger partial charge in [-0.2, -0.15) is 24.4 Å². The van der Waals surface area contributed by atoms with Gasteiger partial charge in [-0.05, 0) is 25.4 Å². The zero-order chi connectivity index (χ0) is 23.4. The van der Waals surface area contributed by atoms with Gasteiger partial charge in [-0.25, -0.2) is 4.79 Å². The fourth-order valence-electron chi connectivity index (χ4n) is 2.13. The van der Waals surface area contributed by atoms with Crippen LogP contribution in [0.3, 0.4) is 0 Å². The lowest BCUT2D eigenvalue weighted by molar-refractivity contribution is -0.143. The smallest absolute Gasteiger partial charge is 0.326 e. The van der Waals surface area contributed by atoms with Gasteiger partial charge in [0.25, 0.3) is 0 Å². The second-order valence-electron chi connectivity index (χ2n) is 6.42. The van der Waals surface area contributed by atoms with Crippen LogP contribution < -0.4 is 27.4 Å². The van der Waals surface area contributed by atoms with E-state index in [1.165, 1.54) is 18.7 Å². The van der Waals surface area contributed by atoms with Gasteiger partial charge in [0, 0.05) is 5.75 Å². The Labute approximate surface area is 183 Å². The van der Waals surface area contributed by atoms with Crippen molar-refractivity contribution >= 4 is 54.0 Å². The van der Waals surface area contributed by atoms with Crippen molar-refractivity contribution in [3.8, 4) is 0 Å². The number of hydrogen-bond acceptors (Lipinski definition) is 9. The van der Waals surface area contributed by atoms with E-state index in [0.717, 1.165) is 0 Å². The van der Waals surface area contributed by atoms with Crippen LogP contribution in [0.1, 0.15) is 19.8 Å². The normalized spacial score (nSPS) is 15.8. The number of thioether (sulfide) groups is 1. The number of primary amides is 1. The number of carboxylic acid groups (broad SMARTS) is 1. The Hall–Kier alpha value is -2.03. The third-order valence-electron chi connectivity index (χ3n) is 3.90. The monoisotopic (exact) mass is 467 g/mol. The molecule has 0 radical (unpaired) electrons. The summed E-state index contributed by atoms with van der Waals surface area (Å²) in [6.07, 6.45) is 0.250. The highest BCUT2D eigenvalue weighted by Crippen LogP contribution is 2.04. The lowest BCUT2D eigenvalue weighted by Crippen LogP contribution is -2.58. The average Bonchev–Trinajstić information content (AvgIpc) is 2.66. The molecule has 5 unspecified atom stereocenters. The van der Waals surface area contributed by atoms with Crippen molar-refractivity contribution in [3.05, 3.63) is 0 Å². The second kappa shape index (κ2) is 14.1. The molecule has 0 spiro atoms. The van der Waals surface area contributed by atoms with Gasteiger partial charge < -0.3 is 37.6 Å². The SMILES string of the molecule is CSCCC(NC(=O)C(N)C(C)O)C(=O)NC(CS)C(=O)NC(CC(N)=O)C(=O)O. The third kappa shape index (κ3) is 10.1. The van der Waals surface area contributed by atoms with Crippen LogP contribution in [0.2, 0.25) is 0 Å². The van der Waals surface area contributed by atoms with Crippen LogP contribution in [-0.2, 0) is 24.0 Å². The predicted octanol–water partition coefficient (Wildman–Crippen LogP) is -3.21. The number of rotatable bonds is 14.